The molecular weight excluding hydrogens is 346 g/mol. The van der Waals surface area contributed by atoms with Crippen molar-refractivity contribution in [3.05, 3.63) is 29.3 Å². The van der Waals surface area contributed by atoms with Crippen LogP contribution in [-0.4, -0.2) is 55.3 Å². The molecule has 8 heteroatoms. The highest BCUT2D eigenvalue weighted by Crippen LogP contribution is 2.39. The van der Waals surface area contributed by atoms with Crippen LogP contribution >= 0.6 is 0 Å². The molecule has 4 atom stereocenters. The zero-order valence-electron chi connectivity index (χ0n) is 16.0. The Balaban J connectivity index is 1.46. The minimum Gasteiger partial charge on any atom is -0.486 e. The molecule has 2 aromatic rings. The molecule has 2 aliphatic rings. The average molecular weight is 373 g/mol. The minimum atomic E-state index is -0.487. The molecule has 146 valence electrons. The van der Waals surface area contributed by atoms with Gasteiger partial charge in [0.15, 0.2) is 5.82 Å². The first-order valence-electron chi connectivity index (χ1n) is 9.49. The van der Waals surface area contributed by atoms with Crippen molar-refractivity contribution in [3.8, 4) is 5.75 Å². The predicted octanol–water partition coefficient (Wildman–Crippen LogP) is 0.974. The smallest absolute Gasteiger partial charge is 0.223 e. The van der Waals surface area contributed by atoms with Gasteiger partial charge < -0.3 is 19.8 Å². The monoisotopic (exact) mass is 373 g/mol. The highest BCUT2D eigenvalue weighted by molar-refractivity contribution is 5.33. The van der Waals surface area contributed by atoms with E-state index in [-0.39, 0.29) is 12.7 Å². The highest BCUT2D eigenvalue weighted by atomic mass is 16.5. The Bertz CT molecular complexity index is 824. The SMILES string of the molecule is Cc1ccc(O[C@@H]2C[C@@H]3CN(c4nc(CO)nn4C)C[C@@H]3C[C@H]2O)c(C)n1. The highest BCUT2D eigenvalue weighted by Gasteiger charge is 2.43. The summed E-state index contributed by atoms with van der Waals surface area (Å²) in [7, 11) is 1.84. The van der Waals surface area contributed by atoms with Gasteiger partial charge >= 0.3 is 0 Å². The summed E-state index contributed by atoms with van der Waals surface area (Å²) in [6.45, 7) is 5.44. The number of rotatable bonds is 4. The first kappa shape index (κ1) is 18.2. The molecule has 0 amide bonds. The van der Waals surface area contributed by atoms with Gasteiger partial charge in [-0.05, 0) is 50.7 Å². The van der Waals surface area contributed by atoms with Gasteiger partial charge in [-0.25, -0.2) is 4.68 Å². The third-order valence-corrected chi connectivity index (χ3v) is 5.75. The van der Waals surface area contributed by atoms with E-state index >= 15 is 0 Å². The molecule has 1 aliphatic heterocycles. The lowest BCUT2D eigenvalue weighted by Crippen LogP contribution is -2.42. The van der Waals surface area contributed by atoms with Crippen LogP contribution < -0.4 is 9.64 Å². The van der Waals surface area contributed by atoms with Gasteiger partial charge in [0.1, 0.15) is 18.5 Å². The fourth-order valence-corrected chi connectivity index (χ4v) is 4.41. The quantitative estimate of drug-likeness (QED) is 0.824. The maximum absolute atomic E-state index is 10.6. The lowest BCUT2D eigenvalue weighted by Gasteiger charge is -2.35. The van der Waals surface area contributed by atoms with Gasteiger partial charge in [-0.15, -0.1) is 0 Å². The molecule has 1 saturated heterocycles. The van der Waals surface area contributed by atoms with Crippen molar-refractivity contribution >= 4 is 5.95 Å². The zero-order valence-corrected chi connectivity index (χ0v) is 16.0. The molecule has 2 N–H and O–H groups in total. The summed E-state index contributed by atoms with van der Waals surface area (Å²) in [5, 5.41) is 24.1. The maximum Gasteiger partial charge on any atom is 0.223 e. The Hall–Kier alpha value is -2.19. The average Bonchev–Trinajstić information content (AvgIpc) is 3.20. The first-order chi connectivity index (χ1) is 12.9. The third kappa shape index (κ3) is 3.51. The van der Waals surface area contributed by atoms with Gasteiger partial charge in [0.2, 0.25) is 5.95 Å². The second kappa shape index (κ2) is 7.09. The fraction of sp³-hybridized carbons (Fsp3) is 0.632. The van der Waals surface area contributed by atoms with Gasteiger partial charge in [0, 0.05) is 25.8 Å². The number of aromatic nitrogens is 4. The van der Waals surface area contributed by atoms with Gasteiger partial charge in [-0.2, -0.15) is 10.1 Å². The van der Waals surface area contributed by atoms with E-state index in [0.717, 1.165) is 49.0 Å². The Morgan fingerprint density at radius 3 is 2.56 bits per heavy atom. The summed E-state index contributed by atoms with van der Waals surface area (Å²) in [6, 6.07) is 3.87. The second-order valence-corrected chi connectivity index (χ2v) is 7.77. The van der Waals surface area contributed by atoms with Crippen LogP contribution in [0.25, 0.3) is 0 Å². The van der Waals surface area contributed by atoms with Crippen molar-refractivity contribution in [3.63, 3.8) is 0 Å². The van der Waals surface area contributed by atoms with E-state index < -0.39 is 6.10 Å². The molecule has 1 aliphatic carbocycles. The lowest BCUT2D eigenvalue weighted by molar-refractivity contribution is -0.0236. The van der Waals surface area contributed by atoms with Crippen LogP contribution in [0.4, 0.5) is 5.95 Å². The van der Waals surface area contributed by atoms with Crippen LogP contribution in [0.15, 0.2) is 12.1 Å². The molecule has 8 nitrogen and oxygen atoms in total. The number of pyridine rings is 1. The molecule has 2 fully saturated rings. The number of ether oxygens (including phenoxy) is 1. The summed E-state index contributed by atoms with van der Waals surface area (Å²) in [4.78, 5) is 11.1. The van der Waals surface area contributed by atoms with Crippen LogP contribution in [0.1, 0.15) is 30.1 Å². The van der Waals surface area contributed by atoms with E-state index in [1.165, 1.54) is 0 Å². The van der Waals surface area contributed by atoms with Crippen LogP contribution in [-0.2, 0) is 13.7 Å². The molecule has 3 heterocycles. The molecule has 0 bridgehead atoms. The van der Waals surface area contributed by atoms with Crippen LogP contribution in [0.2, 0.25) is 0 Å². The lowest BCUT2D eigenvalue weighted by atomic mass is 9.78. The zero-order chi connectivity index (χ0) is 19.1. The third-order valence-electron chi connectivity index (χ3n) is 5.75. The van der Waals surface area contributed by atoms with Crippen molar-refractivity contribution in [2.45, 2.75) is 45.5 Å². The summed E-state index contributed by atoms with van der Waals surface area (Å²) < 4.78 is 7.87. The van der Waals surface area contributed by atoms with E-state index in [1.54, 1.807) is 4.68 Å². The number of aliphatic hydroxyl groups is 2. The number of hydrogen-bond donors (Lipinski definition) is 2. The molecule has 1 saturated carbocycles. The standard InChI is InChI=1S/C19H27N5O3/c1-11-4-5-16(12(2)20-11)27-17-7-14-9-24(8-13(14)6-15(17)26)19-21-18(10-25)22-23(19)3/h4-5,13-15,17,25-26H,6-10H2,1-3H3/t13-,14+,15+,17+/m0/s1. The van der Waals surface area contributed by atoms with Crippen molar-refractivity contribution in [2.24, 2.45) is 18.9 Å². The number of anilines is 1. The first-order valence-corrected chi connectivity index (χ1v) is 9.49. The summed E-state index contributed by atoms with van der Waals surface area (Å²) in [6.07, 6.45) is 0.816. The number of aliphatic hydroxyl groups excluding tert-OH is 2. The molecule has 4 rings (SSSR count). The van der Waals surface area contributed by atoms with Gasteiger partial charge in [0.05, 0.1) is 11.8 Å². The summed E-state index contributed by atoms with van der Waals surface area (Å²) in [5.41, 5.74) is 1.81. The van der Waals surface area contributed by atoms with Crippen molar-refractivity contribution in [2.75, 3.05) is 18.0 Å². The fourth-order valence-electron chi connectivity index (χ4n) is 4.41. The molecule has 0 radical (unpaired) electrons. The van der Waals surface area contributed by atoms with Gasteiger partial charge in [-0.1, -0.05) is 0 Å². The predicted molar refractivity (Wildman–Crippen MR) is 99.5 cm³/mol. The summed E-state index contributed by atoms with van der Waals surface area (Å²) in [5.74, 6) is 2.81. The largest absolute Gasteiger partial charge is 0.486 e. The molecular formula is C19H27N5O3. The van der Waals surface area contributed by atoms with E-state index in [2.05, 4.69) is 20.0 Å². The molecule has 2 aromatic heterocycles. The van der Waals surface area contributed by atoms with Gasteiger partial charge in [0.25, 0.3) is 0 Å². The second-order valence-electron chi connectivity index (χ2n) is 7.77. The Kier molecular flexibility index (Phi) is 4.77. The normalized spacial score (nSPS) is 27.7. The van der Waals surface area contributed by atoms with Gasteiger partial charge in [-0.3, -0.25) is 4.98 Å². The van der Waals surface area contributed by atoms with Crippen molar-refractivity contribution in [1.29, 1.82) is 0 Å². The minimum absolute atomic E-state index is 0.160. The van der Waals surface area contributed by atoms with E-state index in [4.69, 9.17) is 4.74 Å². The van der Waals surface area contributed by atoms with E-state index in [1.807, 2.05) is 33.0 Å². The number of nitrogens with zero attached hydrogens (tertiary/aromatic N) is 5. The maximum atomic E-state index is 10.6. The molecule has 27 heavy (non-hydrogen) atoms. The van der Waals surface area contributed by atoms with Crippen LogP contribution in [0.3, 0.4) is 0 Å². The Morgan fingerprint density at radius 1 is 1.15 bits per heavy atom. The summed E-state index contributed by atoms with van der Waals surface area (Å²) >= 11 is 0. The van der Waals surface area contributed by atoms with Crippen molar-refractivity contribution < 1.29 is 14.9 Å². The molecule has 0 aromatic carbocycles. The van der Waals surface area contributed by atoms with Crippen LogP contribution in [0, 0.1) is 25.7 Å². The molecule has 0 unspecified atom stereocenters. The van der Waals surface area contributed by atoms with Crippen LogP contribution in [0.5, 0.6) is 5.75 Å². The van der Waals surface area contributed by atoms with E-state index in [0.29, 0.717) is 17.7 Å². The molecule has 0 spiro atoms. The number of aryl methyl sites for hydroxylation is 3. The topological polar surface area (TPSA) is 96.5 Å². The number of fused-ring (bicyclic) bond motifs is 1. The number of hydrogen-bond acceptors (Lipinski definition) is 7. The van der Waals surface area contributed by atoms with E-state index in [9.17, 15) is 10.2 Å². The Labute approximate surface area is 158 Å². The van der Waals surface area contributed by atoms with Crippen molar-refractivity contribution in [1.82, 2.24) is 19.7 Å². The Morgan fingerprint density at radius 2 is 1.89 bits per heavy atom.